The van der Waals surface area contributed by atoms with E-state index in [1.54, 1.807) is 6.07 Å². The van der Waals surface area contributed by atoms with Crippen LogP contribution >= 0.6 is 43.5 Å². The fourth-order valence-corrected chi connectivity index (χ4v) is 2.84. The number of ether oxygens (including phenoxy) is 1. The Labute approximate surface area is 139 Å². The third-order valence-electron chi connectivity index (χ3n) is 3.02. The van der Waals surface area contributed by atoms with Gasteiger partial charge < -0.3 is 4.74 Å². The molecule has 0 saturated heterocycles. The first-order valence-electron chi connectivity index (χ1n) is 5.87. The zero-order chi connectivity index (χ0) is 14.9. The maximum Gasteiger partial charge on any atom is 0.141 e. The average molecular weight is 423 g/mol. The molecule has 0 spiro atoms. The van der Waals surface area contributed by atoms with E-state index in [4.69, 9.17) is 16.3 Å². The Hall–Kier alpha value is -0.580. The Morgan fingerprint density at radius 2 is 1.85 bits per heavy atom. The van der Waals surface area contributed by atoms with Gasteiger partial charge in [-0.3, -0.25) is 0 Å². The van der Waals surface area contributed by atoms with E-state index in [0.29, 0.717) is 10.2 Å². The summed E-state index contributed by atoms with van der Waals surface area (Å²) < 4.78 is 20.2. The lowest BCUT2D eigenvalue weighted by Crippen LogP contribution is -1.99. The summed E-state index contributed by atoms with van der Waals surface area (Å²) in [5, 5.41) is -0.409. The van der Waals surface area contributed by atoms with E-state index in [9.17, 15) is 4.39 Å². The molecule has 0 aliphatic rings. The van der Waals surface area contributed by atoms with Crippen molar-refractivity contribution >= 4 is 43.5 Å². The lowest BCUT2D eigenvalue weighted by atomic mass is 10.0. The van der Waals surface area contributed by atoms with Gasteiger partial charge in [0.1, 0.15) is 11.6 Å². The largest absolute Gasteiger partial charge is 0.496 e. The fraction of sp³-hybridized carbons (Fsp3) is 0.200. The van der Waals surface area contributed by atoms with Crippen molar-refractivity contribution in [3.8, 4) is 5.75 Å². The second-order valence-electron chi connectivity index (χ2n) is 4.38. The molecule has 0 aliphatic heterocycles. The van der Waals surface area contributed by atoms with E-state index in [0.717, 1.165) is 21.2 Å². The molecule has 0 bridgehead atoms. The zero-order valence-electron chi connectivity index (χ0n) is 10.9. The van der Waals surface area contributed by atoms with Gasteiger partial charge in [-0.05, 0) is 46.1 Å². The maximum atomic E-state index is 13.6. The molecule has 2 rings (SSSR count). The van der Waals surface area contributed by atoms with E-state index < -0.39 is 5.38 Å². The molecule has 2 aromatic rings. The highest BCUT2D eigenvalue weighted by Gasteiger charge is 2.18. The van der Waals surface area contributed by atoms with Crippen LogP contribution in [0.1, 0.15) is 22.1 Å². The molecule has 0 N–H and O–H groups in total. The molecule has 0 amide bonds. The topological polar surface area (TPSA) is 9.23 Å². The van der Waals surface area contributed by atoms with Crippen LogP contribution in [0.2, 0.25) is 0 Å². The number of benzene rings is 2. The molecule has 1 atom stereocenters. The summed E-state index contributed by atoms with van der Waals surface area (Å²) in [6.45, 7) is 2.00. The van der Waals surface area contributed by atoms with Crippen LogP contribution in [0.5, 0.6) is 5.75 Å². The van der Waals surface area contributed by atoms with E-state index in [1.807, 2.05) is 25.1 Å². The smallest absolute Gasteiger partial charge is 0.141 e. The van der Waals surface area contributed by atoms with Gasteiger partial charge in [-0.25, -0.2) is 4.39 Å². The number of hydrogen-bond acceptors (Lipinski definition) is 1. The van der Waals surface area contributed by atoms with E-state index in [-0.39, 0.29) is 5.82 Å². The van der Waals surface area contributed by atoms with Crippen molar-refractivity contribution in [1.29, 1.82) is 0 Å². The number of halogens is 4. The Bertz CT molecular complexity index is 646. The molecular formula is C15H12Br2ClFO. The molecule has 0 fully saturated rings. The molecule has 106 valence electrons. The summed E-state index contributed by atoms with van der Waals surface area (Å²) in [5.41, 5.74) is 2.75. The normalized spacial score (nSPS) is 12.3. The van der Waals surface area contributed by atoms with Gasteiger partial charge >= 0.3 is 0 Å². The number of aryl methyl sites for hydroxylation is 1. The predicted octanol–water partition coefficient (Wildman–Crippen LogP) is 6.00. The highest BCUT2D eigenvalue weighted by Crippen LogP contribution is 2.38. The molecule has 1 nitrogen and oxygen atoms in total. The van der Waals surface area contributed by atoms with Gasteiger partial charge in [-0.2, -0.15) is 0 Å². The van der Waals surface area contributed by atoms with Crippen LogP contribution < -0.4 is 4.74 Å². The van der Waals surface area contributed by atoms with Crippen molar-refractivity contribution in [3.05, 3.63) is 61.8 Å². The number of hydrogen-bond donors (Lipinski definition) is 0. The van der Waals surface area contributed by atoms with Crippen LogP contribution in [0.15, 0.2) is 39.3 Å². The molecule has 0 aromatic heterocycles. The summed E-state index contributed by atoms with van der Waals surface area (Å²) >= 11 is 13.2. The second-order valence-corrected chi connectivity index (χ2v) is 6.52. The zero-order valence-corrected chi connectivity index (χ0v) is 14.8. The van der Waals surface area contributed by atoms with Gasteiger partial charge in [-0.15, -0.1) is 11.6 Å². The van der Waals surface area contributed by atoms with Crippen molar-refractivity contribution in [3.63, 3.8) is 0 Å². The Morgan fingerprint density at radius 3 is 2.45 bits per heavy atom. The lowest BCUT2D eigenvalue weighted by molar-refractivity contribution is 0.406. The van der Waals surface area contributed by atoms with Gasteiger partial charge in [0.2, 0.25) is 0 Å². The minimum atomic E-state index is -0.409. The molecule has 1 unspecified atom stereocenters. The summed E-state index contributed by atoms with van der Waals surface area (Å²) in [5.74, 6) is 0.0627. The van der Waals surface area contributed by atoms with Crippen LogP contribution in [0, 0.1) is 12.7 Å². The third-order valence-corrected chi connectivity index (χ3v) is 5.00. The average Bonchev–Trinajstić information content (AvgIpc) is 2.43. The predicted molar refractivity (Wildman–Crippen MR) is 87.2 cm³/mol. The van der Waals surface area contributed by atoms with Crippen LogP contribution in [-0.4, -0.2) is 7.11 Å². The van der Waals surface area contributed by atoms with Crippen molar-refractivity contribution in [2.24, 2.45) is 0 Å². The Kier molecular flexibility index (Phi) is 5.10. The molecule has 2 aromatic carbocycles. The third kappa shape index (κ3) is 3.18. The highest BCUT2D eigenvalue weighted by atomic mass is 79.9. The SMILES string of the molecule is COc1cc(F)c(Br)cc1C(Cl)c1ccc(Br)c(C)c1. The standard InChI is InChI=1S/C15H12Br2ClFO/c1-8-5-9(3-4-11(8)16)15(18)10-6-12(17)13(19)7-14(10)20-2/h3-7,15H,1-2H3. The molecule has 0 heterocycles. The quantitative estimate of drug-likeness (QED) is 0.552. The molecule has 0 radical (unpaired) electrons. The maximum absolute atomic E-state index is 13.6. The van der Waals surface area contributed by atoms with Crippen molar-refractivity contribution < 1.29 is 9.13 Å². The number of rotatable bonds is 3. The van der Waals surface area contributed by atoms with Gasteiger partial charge in [-0.1, -0.05) is 28.1 Å². The van der Waals surface area contributed by atoms with Crippen LogP contribution in [0.3, 0.4) is 0 Å². The first-order valence-corrected chi connectivity index (χ1v) is 7.89. The molecular weight excluding hydrogens is 410 g/mol. The Morgan fingerprint density at radius 1 is 1.15 bits per heavy atom. The van der Waals surface area contributed by atoms with Crippen molar-refractivity contribution in [1.82, 2.24) is 0 Å². The summed E-state index contributed by atoms with van der Waals surface area (Å²) in [7, 11) is 1.50. The highest BCUT2D eigenvalue weighted by molar-refractivity contribution is 9.10. The molecule has 5 heteroatoms. The van der Waals surface area contributed by atoms with Gasteiger partial charge in [0.05, 0.1) is 17.0 Å². The van der Waals surface area contributed by atoms with E-state index in [1.165, 1.54) is 13.2 Å². The fourth-order valence-electron chi connectivity index (χ4n) is 1.92. The lowest BCUT2D eigenvalue weighted by Gasteiger charge is -2.16. The molecule has 20 heavy (non-hydrogen) atoms. The molecule has 0 aliphatic carbocycles. The molecule has 0 saturated carbocycles. The van der Waals surface area contributed by atoms with Gasteiger partial charge in [0.15, 0.2) is 0 Å². The summed E-state index contributed by atoms with van der Waals surface area (Å²) in [4.78, 5) is 0. The van der Waals surface area contributed by atoms with Crippen LogP contribution in [-0.2, 0) is 0 Å². The Balaban J connectivity index is 2.49. The minimum Gasteiger partial charge on any atom is -0.496 e. The van der Waals surface area contributed by atoms with E-state index >= 15 is 0 Å². The van der Waals surface area contributed by atoms with Crippen molar-refractivity contribution in [2.75, 3.05) is 7.11 Å². The summed E-state index contributed by atoms with van der Waals surface area (Å²) in [6, 6.07) is 8.87. The monoisotopic (exact) mass is 420 g/mol. The minimum absolute atomic E-state index is 0.368. The first kappa shape index (κ1) is 15.8. The number of alkyl halides is 1. The van der Waals surface area contributed by atoms with Gasteiger partial charge in [0.25, 0.3) is 0 Å². The first-order chi connectivity index (χ1) is 9.43. The van der Waals surface area contributed by atoms with E-state index in [2.05, 4.69) is 31.9 Å². The van der Waals surface area contributed by atoms with Crippen LogP contribution in [0.4, 0.5) is 4.39 Å². The number of methoxy groups -OCH3 is 1. The van der Waals surface area contributed by atoms with Crippen LogP contribution in [0.25, 0.3) is 0 Å². The summed E-state index contributed by atoms with van der Waals surface area (Å²) in [6.07, 6.45) is 0. The van der Waals surface area contributed by atoms with Crippen molar-refractivity contribution in [2.45, 2.75) is 12.3 Å². The van der Waals surface area contributed by atoms with Gasteiger partial charge in [0, 0.05) is 16.1 Å². The second kappa shape index (κ2) is 6.46.